The molecular formula is C12H16Cl2N2O2S. The van der Waals surface area contributed by atoms with E-state index in [2.05, 4.69) is 6.58 Å². The molecule has 0 aromatic heterocycles. The number of benzene rings is 1. The second-order valence-corrected chi connectivity index (χ2v) is 6.62. The summed E-state index contributed by atoms with van der Waals surface area (Å²) < 4.78 is 26.3. The van der Waals surface area contributed by atoms with Crippen LogP contribution in [-0.4, -0.2) is 25.8 Å². The van der Waals surface area contributed by atoms with Crippen LogP contribution in [0.15, 0.2) is 29.7 Å². The number of nitrogen functional groups attached to an aromatic ring is 1. The van der Waals surface area contributed by atoms with Crippen molar-refractivity contribution in [2.75, 3.05) is 18.8 Å². The molecule has 2 N–H and O–H groups in total. The zero-order valence-corrected chi connectivity index (χ0v) is 12.9. The van der Waals surface area contributed by atoms with Crippen molar-refractivity contribution in [3.63, 3.8) is 0 Å². The maximum atomic E-state index is 12.5. The van der Waals surface area contributed by atoms with Crippen molar-refractivity contribution in [3.8, 4) is 0 Å². The lowest BCUT2D eigenvalue weighted by molar-refractivity contribution is 0.441. The Labute approximate surface area is 123 Å². The molecule has 0 amide bonds. The topological polar surface area (TPSA) is 63.4 Å². The second kappa shape index (κ2) is 6.61. The van der Waals surface area contributed by atoms with Crippen LogP contribution in [0.3, 0.4) is 0 Å². The van der Waals surface area contributed by atoms with Crippen molar-refractivity contribution in [1.29, 1.82) is 0 Å². The number of nitrogens with zero attached hydrogens (tertiary/aromatic N) is 1. The summed E-state index contributed by atoms with van der Waals surface area (Å²) in [5, 5.41) is 0.187. The van der Waals surface area contributed by atoms with Crippen LogP contribution in [0.2, 0.25) is 10.0 Å². The normalized spacial score (nSPS) is 11.8. The summed E-state index contributed by atoms with van der Waals surface area (Å²) >= 11 is 11.8. The van der Waals surface area contributed by atoms with Crippen LogP contribution in [0, 0.1) is 0 Å². The van der Waals surface area contributed by atoms with Gasteiger partial charge in [-0.1, -0.05) is 36.2 Å². The molecule has 0 saturated carbocycles. The third-order valence-corrected chi connectivity index (χ3v) is 5.27. The molecule has 4 nitrogen and oxygen atoms in total. The molecule has 0 bridgehead atoms. The predicted octanol–water partition coefficient (Wildman–Crippen LogP) is 3.16. The highest BCUT2D eigenvalue weighted by atomic mass is 35.5. The average molecular weight is 323 g/mol. The smallest absolute Gasteiger partial charge is 0.244 e. The van der Waals surface area contributed by atoms with Crippen LogP contribution in [0.4, 0.5) is 5.69 Å². The van der Waals surface area contributed by atoms with Gasteiger partial charge in [0.05, 0.1) is 15.7 Å². The van der Waals surface area contributed by atoms with Gasteiger partial charge in [-0.05, 0) is 18.6 Å². The largest absolute Gasteiger partial charge is 0.396 e. The van der Waals surface area contributed by atoms with E-state index in [-0.39, 0.29) is 27.2 Å². The molecule has 0 fully saturated rings. The summed E-state index contributed by atoms with van der Waals surface area (Å²) in [6.07, 6.45) is 2.22. The van der Waals surface area contributed by atoms with Crippen LogP contribution in [0.5, 0.6) is 0 Å². The molecule has 0 aliphatic carbocycles. The highest BCUT2D eigenvalue weighted by Crippen LogP contribution is 2.34. The minimum Gasteiger partial charge on any atom is -0.396 e. The Kier molecular flexibility index (Phi) is 5.67. The summed E-state index contributed by atoms with van der Waals surface area (Å²) in [7, 11) is -3.70. The van der Waals surface area contributed by atoms with Gasteiger partial charge in [0.25, 0.3) is 0 Å². The molecule has 7 heteroatoms. The molecule has 0 radical (unpaired) electrons. The van der Waals surface area contributed by atoms with Crippen LogP contribution in [-0.2, 0) is 10.0 Å². The lowest BCUT2D eigenvalue weighted by Crippen LogP contribution is -2.32. The quantitative estimate of drug-likeness (QED) is 0.646. The fourth-order valence-electron chi connectivity index (χ4n) is 1.59. The van der Waals surface area contributed by atoms with Crippen molar-refractivity contribution in [3.05, 3.63) is 34.8 Å². The molecule has 0 aliphatic rings. The van der Waals surface area contributed by atoms with Gasteiger partial charge in [0.1, 0.15) is 4.90 Å². The van der Waals surface area contributed by atoms with Gasteiger partial charge in [-0.3, -0.25) is 0 Å². The predicted molar refractivity (Wildman–Crippen MR) is 80.1 cm³/mol. The maximum absolute atomic E-state index is 12.5. The van der Waals surface area contributed by atoms with Gasteiger partial charge in [-0.15, -0.1) is 6.58 Å². The van der Waals surface area contributed by atoms with Crippen molar-refractivity contribution in [2.45, 2.75) is 18.2 Å². The van der Waals surface area contributed by atoms with Gasteiger partial charge in [-0.25, -0.2) is 8.42 Å². The van der Waals surface area contributed by atoms with E-state index < -0.39 is 10.0 Å². The number of rotatable bonds is 6. The van der Waals surface area contributed by atoms with E-state index in [0.29, 0.717) is 13.0 Å². The molecule has 1 aromatic rings. The maximum Gasteiger partial charge on any atom is 0.244 e. The van der Waals surface area contributed by atoms with Gasteiger partial charge in [0, 0.05) is 13.1 Å². The minimum atomic E-state index is -3.70. The highest BCUT2D eigenvalue weighted by molar-refractivity contribution is 7.89. The monoisotopic (exact) mass is 322 g/mol. The van der Waals surface area contributed by atoms with E-state index in [1.807, 2.05) is 6.92 Å². The number of hydrogen-bond acceptors (Lipinski definition) is 3. The van der Waals surface area contributed by atoms with Crippen LogP contribution in [0.25, 0.3) is 0 Å². The zero-order valence-electron chi connectivity index (χ0n) is 10.6. The Morgan fingerprint density at radius 3 is 2.58 bits per heavy atom. The molecule has 0 spiro atoms. The van der Waals surface area contributed by atoms with E-state index >= 15 is 0 Å². The molecule has 19 heavy (non-hydrogen) atoms. The Morgan fingerprint density at radius 1 is 1.42 bits per heavy atom. The fraction of sp³-hybridized carbons (Fsp3) is 0.333. The van der Waals surface area contributed by atoms with Crippen molar-refractivity contribution < 1.29 is 8.42 Å². The first-order valence-electron chi connectivity index (χ1n) is 5.70. The summed E-state index contributed by atoms with van der Waals surface area (Å²) in [5.74, 6) is 0. The summed E-state index contributed by atoms with van der Waals surface area (Å²) in [4.78, 5) is -0.0358. The first-order chi connectivity index (χ1) is 8.86. The Bertz CT molecular complexity index is 573. The first kappa shape index (κ1) is 16.3. The molecular weight excluding hydrogens is 307 g/mol. The molecule has 1 aromatic carbocycles. The fourth-order valence-corrected chi connectivity index (χ4v) is 3.83. The van der Waals surface area contributed by atoms with E-state index in [9.17, 15) is 8.42 Å². The van der Waals surface area contributed by atoms with Crippen molar-refractivity contribution >= 4 is 38.9 Å². The Hall–Kier alpha value is -0.750. The summed E-state index contributed by atoms with van der Waals surface area (Å²) in [5.41, 5.74) is 5.73. The van der Waals surface area contributed by atoms with Gasteiger partial charge in [0.15, 0.2) is 0 Å². The third-order valence-electron chi connectivity index (χ3n) is 2.51. The summed E-state index contributed by atoms with van der Waals surface area (Å²) in [6.45, 7) is 6.05. The number of anilines is 1. The van der Waals surface area contributed by atoms with E-state index in [1.165, 1.54) is 22.5 Å². The van der Waals surface area contributed by atoms with Gasteiger partial charge in [-0.2, -0.15) is 4.31 Å². The lowest BCUT2D eigenvalue weighted by Gasteiger charge is -2.21. The molecule has 0 atom stereocenters. The van der Waals surface area contributed by atoms with E-state index in [0.717, 1.165) is 0 Å². The minimum absolute atomic E-state index is 0.0358. The van der Waals surface area contributed by atoms with Crippen molar-refractivity contribution in [2.24, 2.45) is 0 Å². The number of sulfonamides is 1. The van der Waals surface area contributed by atoms with Gasteiger partial charge in [0.2, 0.25) is 10.0 Å². The second-order valence-electron chi connectivity index (χ2n) is 3.92. The molecule has 106 valence electrons. The van der Waals surface area contributed by atoms with E-state index in [1.54, 1.807) is 0 Å². The molecule has 1 rings (SSSR count). The molecule has 0 aliphatic heterocycles. The third kappa shape index (κ3) is 3.42. The molecule has 0 unspecified atom stereocenters. The number of hydrogen-bond donors (Lipinski definition) is 1. The molecule has 0 saturated heterocycles. The van der Waals surface area contributed by atoms with Crippen LogP contribution >= 0.6 is 23.2 Å². The highest BCUT2D eigenvalue weighted by Gasteiger charge is 2.26. The average Bonchev–Trinajstić information content (AvgIpc) is 2.35. The van der Waals surface area contributed by atoms with Gasteiger partial charge >= 0.3 is 0 Å². The van der Waals surface area contributed by atoms with Crippen LogP contribution in [0.1, 0.15) is 13.3 Å². The van der Waals surface area contributed by atoms with E-state index in [4.69, 9.17) is 28.9 Å². The lowest BCUT2D eigenvalue weighted by atomic mass is 10.3. The Balaban J connectivity index is 3.33. The van der Waals surface area contributed by atoms with Gasteiger partial charge < -0.3 is 5.73 Å². The molecule has 0 heterocycles. The number of nitrogens with two attached hydrogens (primary N) is 1. The SMILES string of the molecule is C=CCN(CCC)S(=O)(=O)c1ccc(Cl)c(N)c1Cl. The zero-order chi connectivity index (χ0) is 14.6. The number of halogens is 2. The van der Waals surface area contributed by atoms with Crippen molar-refractivity contribution in [1.82, 2.24) is 4.31 Å². The summed E-state index contributed by atoms with van der Waals surface area (Å²) in [6, 6.07) is 2.79. The first-order valence-corrected chi connectivity index (χ1v) is 7.90. The Morgan fingerprint density at radius 2 is 2.05 bits per heavy atom. The van der Waals surface area contributed by atoms with Crippen LogP contribution < -0.4 is 5.73 Å². The standard InChI is InChI=1S/C12H16Cl2N2O2S/c1-3-7-16(8-4-2)19(17,18)10-6-5-9(13)12(15)11(10)14/h3,5-6H,1,4,7-8,15H2,2H3.